The maximum atomic E-state index is 12.7. The third kappa shape index (κ3) is 4.50. The van der Waals surface area contributed by atoms with Crippen molar-refractivity contribution < 1.29 is 14.3 Å². The van der Waals surface area contributed by atoms with Crippen molar-refractivity contribution in [1.29, 1.82) is 0 Å². The van der Waals surface area contributed by atoms with Gasteiger partial charge in [0.05, 0.1) is 18.0 Å². The van der Waals surface area contributed by atoms with Crippen LogP contribution in [0, 0.1) is 12.8 Å². The summed E-state index contributed by atoms with van der Waals surface area (Å²) in [6.07, 6.45) is 1.39. The molecule has 1 aromatic carbocycles. The maximum Gasteiger partial charge on any atom is 0.263 e. The van der Waals surface area contributed by atoms with Crippen molar-refractivity contribution in [1.82, 2.24) is 10.2 Å². The van der Waals surface area contributed by atoms with E-state index in [-0.39, 0.29) is 23.8 Å². The first kappa shape index (κ1) is 19.4. The van der Waals surface area contributed by atoms with Gasteiger partial charge in [-0.05, 0) is 44.2 Å². The Balaban J connectivity index is 1.57. The number of carbonyl (C=O) groups is 2. The predicted octanol–water partition coefficient (Wildman–Crippen LogP) is 3.79. The fourth-order valence-electron chi connectivity index (χ4n) is 3.50. The SMILES string of the molecule is COc1ccc(C)cc1C(C)NC(=O)C1CCN(C(=O)c2cccs2)CC1. The number of thiophene rings is 1. The number of nitrogens with zero attached hydrogens (tertiary/aromatic N) is 1. The number of benzene rings is 1. The minimum absolute atomic E-state index is 0.0503. The predicted molar refractivity (Wildman–Crippen MR) is 107 cm³/mol. The Labute approximate surface area is 164 Å². The van der Waals surface area contributed by atoms with Crippen LogP contribution in [0.4, 0.5) is 0 Å². The summed E-state index contributed by atoms with van der Waals surface area (Å²) in [6, 6.07) is 9.59. The molecule has 1 unspecified atom stereocenters. The molecule has 0 bridgehead atoms. The first-order valence-corrected chi connectivity index (χ1v) is 10.1. The second-order valence-corrected chi connectivity index (χ2v) is 7.97. The Bertz CT molecular complexity index is 796. The molecule has 1 fully saturated rings. The van der Waals surface area contributed by atoms with Crippen LogP contribution in [0.25, 0.3) is 0 Å². The van der Waals surface area contributed by atoms with E-state index in [0.29, 0.717) is 25.9 Å². The number of amides is 2. The van der Waals surface area contributed by atoms with Crippen LogP contribution in [0.3, 0.4) is 0 Å². The first-order valence-electron chi connectivity index (χ1n) is 9.27. The van der Waals surface area contributed by atoms with E-state index in [1.54, 1.807) is 7.11 Å². The van der Waals surface area contributed by atoms with Crippen LogP contribution in [0.1, 0.15) is 46.6 Å². The highest BCUT2D eigenvalue weighted by atomic mass is 32.1. The van der Waals surface area contributed by atoms with E-state index < -0.39 is 0 Å². The quantitative estimate of drug-likeness (QED) is 0.850. The third-order valence-electron chi connectivity index (χ3n) is 5.10. The number of likely N-dealkylation sites (tertiary alicyclic amines) is 1. The molecule has 2 amide bonds. The van der Waals surface area contributed by atoms with Crippen LogP contribution < -0.4 is 10.1 Å². The third-order valence-corrected chi connectivity index (χ3v) is 5.95. The highest BCUT2D eigenvalue weighted by Crippen LogP contribution is 2.27. The van der Waals surface area contributed by atoms with Gasteiger partial charge in [-0.25, -0.2) is 0 Å². The number of carbonyl (C=O) groups excluding carboxylic acids is 2. The van der Waals surface area contributed by atoms with E-state index in [9.17, 15) is 9.59 Å². The minimum atomic E-state index is -0.127. The minimum Gasteiger partial charge on any atom is -0.496 e. The summed E-state index contributed by atoms with van der Waals surface area (Å²) in [5.74, 6) is 0.844. The molecular weight excluding hydrogens is 360 g/mol. The molecule has 0 spiro atoms. The van der Waals surface area contributed by atoms with Gasteiger partial charge in [0.1, 0.15) is 5.75 Å². The number of ether oxygens (including phenoxy) is 1. The Hall–Kier alpha value is -2.34. The molecule has 2 aromatic rings. The van der Waals surface area contributed by atoms with Crippen LogP contribution in [-0.2, 0) is 4.79 Å². The number of aryl methyl sites for hydroxylation is 1. The molecule has 6 heteroatoms. The van der Waals surface area contributed by atoms with Gasteiger partial charge < -0.3 is 15.0 Å². The molecule has 0 saturated carbocycles. The van der Waals surface area contributed by atoms with Gasteiger partial charge >= 0.3 is 0 Å². The van der Waals surface area contributed by atoms with Crippen molar-refractivity contribution >= 4 is 23.2 Å². The van der Waals surface area contributed by atoms with Crippen LogP contribution in [-0.4, -0.2) is 36.9 Å². The molecule has 27 heavy (non-hydrogen) atoms. The molecular formula is C21H26N2O3S. The molecule has 0 radical (unpaired) electrons. The van der Waals surface area contributed by atoms with Gasteiger partial charge in [0, 0.05) is 24.6 Å². The molecule has 1 aromatic heterocycles. The molecule has 1 aliphatic rings. The summed E-state index contributed by atoms with van der Waals surface area (Å²) < 4.78 is 5.43. The van der Waals surface area contributed by atoms with Crippen LogP contribution in [0.5, 0.6) is 5.75 Å². The molecule has 0 aliphatic carbocycles. The first-order chi connectivity index (χ1) is 13.0. The zero-order valence-electron chi connectivity index (χ0n) is 16.0. The van der Waals surface area contributed by atoms with Crippen LogP contribution in [0.2, 0.25) is 0 Å². The standard InChI is InChI=1S/C21H26N2O3S/c1-14-6-7-18(26-3)17(13-14)15(2)22-20(24)16-8-10-23(11-9-16)21(25)19-5-4-12-27-19/h4-7,12-13,15-16H,8-11H2,1-3H3,(H,22,24). The summed E-state index contributed by atoms with van der Waals surface area (Å²) >= 11 is 1.46. The van der Waals surface area contributed by atoms with Crippen LogP contribution in [0.15, 0.2) is 35.7 Å². The van der Waals surface area contributed by atoms with Crippen molar-refractivity contribution in [3.63, 3.8) is 0 Å². The highest BCUT2D eigenvalue weighted by molar-refractivity contribution is 7.12. The van der Waals surface area contributed by atoms with Gasteiger partial charge in [-0.2, -0.15) is 0 Å². The lowest BCUT2D eigenvalue weighted by Crippen LogP contribution is -2.43. The van der Waals surface area contributed by atoms with E-state index in [4.69, 9.17) is 4.74 Å². The molecule has 1 N–H and O–H groups in total. The fourth-order valence-corrected chi connectivity index (χ4v) is 4.19. The van der Waals surface area contributed by atoms with Gasteiger partial charge in [0.15, 0.2) is 0 Å². The van der Waals surface area contributed by atoms with Gasteiger partial charge in [-0.15, -0.1) is 11.3 Å². The Morgan fingerprint density at radius 3 is 2.63 bits per heavy atom. The summed E-state index contributed by atoms with van der Waals surface area (Å²) in [4.78, 5) is 27.8. The molecule has 1 saturated heterocycles. The number of nitrogens with one attached hydrogen (secondary N) is 1. The lowest BCUT2D eigenvalue weighted by molar-refractivity contribution is -0.127. The molecule has 2 heterocycles. The zero-order valence-corrected chi connectivity index (χ0v) is 16.8. The molecule has 5 nitrogen and oxygen atoms in total. The van der Waals surface area contributed by atoms with E-state index in [2.05, 4.69) is 5.32 Å². The van der Waals surface area contributed by atoms with Gasteiger partial charge in [-0.3, -0.25) is 9.59 Å². The van der Waals surface area contributed by atoms with Crippen molar-refractivity contribution in [2.75, 3.05) is 20.2 Å². The zero-order chi connectivity index (χ0) is 19.4. The van der Waals surface area contributed by atoms with Gasteiger partial charge in [-0.1, -0.05) is 23.8 Å². The monoisotopic (exact) mass is 386 g/mol. The van der Waals surface area contributed by atoms with E-state index in [0.717, 1.165) is 21.8 Å². The number of piperidine rings is 1. The smallest absolute Gasteiger partial charge is 0.263 e. The second-order valence-electron chi connectivity index (χ2n) is 7.02. The number of hydrogen-bond acceptors (Lipinski definition) is 4. The van der Waals surface area contributed by atoms with Crippen molar-refractivity contribution in [3.05, 3.63) is 51.7 Å². The van der Waals surface area contributed by atoms with Crippen molar-refractivity contribution in [2.24, 2.45) is 5.92 Å². The fraction of sp³-hybridized carbons (Fsp3) is 0.429. The average molecular weight is 387 g/mol. The second kappa shape index (κ2) is 8.57. The van der Waals surface area contributed by atoms with Gasteiger partial charge in [0.2, 0.25) is 5.91 Å². The molecule has 3 rings (SSSR count). The van der Waals surface area contributed by atoms with Gasteiger partial charge in [0.25, 0.3) is 5.91 Å². The summed E-state index contributed by atoms with van der Waals surface area (Å²) in [5, 5.41) is 5.03. The lowest BCUT2D eigenvalue weighted by atomic mass is 9.94. The van der Waals surface area contributed by atoms with E-state index in [1.807, 2.05) is 54.5 Å². The lowest BCUT2D eigenvalue weighted by Gasteiger charge is -2.31. The van der Waals surface area contributed by atoms with Crippen LogP contribution >= 0.6 is 11.3 Å². The average Bonchev–Trinajstić information content (AvgIpc) is 3.22. The Kier molecular flexibility index (Phi) is 6.16. The van der Waals surface area contributed by atoms with Crippen molar-refractivity contribution in [2.45, 2.75) is 32.7 Å². The van der Waals surface area contributed by atoms with Crippen molar-refractivity contribution in [3.8, 4) is 5.75 Å². The molecule has 1 aliphatic heterocycles. The Morgan fingerprint density at radius 1 is 1.26 bits per heavy atom. The maximum absolute atomic E-state index is 12.7. The van der Waals surface area contributed by atoms with E-state index in [1.165, 1.54) is 11.3 Å². The highest BCUT2D eigenvalue weighted by Gasteiger charge is 2.29. The summed E-state index contributed by atoms with van der Waals surface area (Å²) in [6.45, 7) is 5.25. The summed E-state index contributed by atoms with van der Waals surface area (Å²) in [7, 11) is 1.64. The summed E-state index contributed by atoms with van der Waals surface area (Å²) in [5.41, 5.74) is 2.11. The topological polar surface area (TPSA) is 58.6 Å². The molecule has 1 atom stereocenters. The number of hydrogen-bond donors (Lipinski definition) is 1. The number of rotatable bonds is 5. The largest absolute Gasteiger partial charge is 0.496 e. The van der Waals surface area contributed by atoms with E-state index >= 15 is 0 Å². The number of methoxy groups -OCH3 is 1. The Morgan fingerprint density at radius 2 is 2.00 bits per heavy atom. The normalized spacial score (nSPS) is 16.0. The molecule has 144 valence electrons.